The number of carboxylic acid groups (broad SMARTS) is 1. The van der Waals surface area contributed by atoms with Crippen LogP contribution in [0.5, 0.6) is 0 Å². The molecule has 0 bridgehead atoms. The zero-order valence-electron chi connectivity index (χ0n) is 5.98. The van der Waals surface area contributed by atoms with Crippen LogP contribution in [-0.4, -0.2) is 19.1 Å². The Morgan fingerprint density at radius 3 is 2.36 bits per heavy atom. The predicted molar refractivity (Wildman–Crippen MR) is 55.8 cm³/mol. The molecule has 66 valence electrons. The Morgan fingerprint density at radius 1 is 1.64 bits per heavy atom. The van der Waals surface area contributed by atoms with Gasteiger partial charge in [-0.05, 0) is 6.42 Å². The van der Waals surface area contributed by atoms with Crippen molar-refractivity contribution >= 4 is 53.8 Å². The lowest BCUT2D eigenvalue weighted by molar-refractivity contribution is -0.136. The summed E-state index contributed by atoms with van der Waals surface area (Å²) in [4.78, 5) is 10.5. The molecular formula is C6H9Br3O2. The number of hydrogen-bond acceptors (Lipinski definition) is 1. The molecule has 2 nitrogen and oxygen atoms in total. The van der Waals surface area contributed by atoms with Crippen molar-refractivity contribution in [3.8, 4) is 0 Å². The molecule has 5 heteroatoms. The van der Waals surface area contributed by atoms with Gasteiger partial charge in [0.15, 0.2) is 3.23 Å². The van der Waals surface area contributed by atoms with Crippen molar-refractivity contribution < 1.29 is 9.90 Å². The van der Waals surface area contributed by atoms with Gasteiger partial charge in [-0.25, -0.2) is 4.79 Å². The molecule has 1 atom stereocenters. The molecule has 0 aliphatic heterocycles. The summed E-state index contributed by atoms with van der Waals surface area (Å²) in [6.45, 7) is 2.01. The summed E-state index contributed by atoms with van der Waals surface area (Å²) < 4.78 is -1.03. The Labute approximate surface area is 91.1 Å². The SMILES string of the molecule is CCCC(Br)C(Br)(Br)C(=O)O. The van der Waals surface area contributed by atoms with Gasteiger partial charge in [0.25, 0.3) is 0 Å². The van der Waals surface area contributed by atoms with E-state index in [0.717, 1.165) is 12.8 Å². The molecule has 0 aromatic carbocycles. The van der Waals surface area contributed by atoms with Gasteiger partial charge in [0.1, 0.15) is 0 Å². The third-order valence-electron chi connectivity index (χ3n) is 1.22. The summed E-state index contributed by atoms with van der Waals surface area (Å²) in [5, 5.41) is 8.71. The molecule has 0 spiro atoms. The first kappa shape index (κ1) is 11.9. The van der Waals surface area contributed by atoms with E-state index in [1.165, 1.54) is 0 Å². The van der Waals surface area contributed by atoms with Crippen LogP contribution in [0.1, 0.15) is 19.8 Å². The topological polar surface area (TPSA) is 37.3 Å². The second kappa shape index (κ2) is 4.82. The van der Waals surface area contributed by atoms with Crippen molar-refractivity contribution in [1.82, 2.24) is 0 Å². The number of alkyl halides is 3. The van der Waals surface area contributed by atoms with Crippen LogP contribution < -0.4 is 0 Å². The molecule has 0 fully saturated rings. The molecule has 1 N–H and O–H groups in total. The second-order valence-corrected chi connectivity index (χ2v) is 6.86. The first-order valence-corrected chi connectivity index (χ1v) is 5.68. The van der Waals surface area contributed by atoms with Crippen LogP contribution >= 0.6 is 47.8 Å². The van der Waals surface area contributed by atoms with Gasteiger partial charge in [-0.3, -0.25) is 0 Å². The molecule has 0 aromatic heterocycles. The zero-order valence-corrected chi connectivity index (χ0v) is 10.7. The van der Waals surface area contributed by atoms with Crippen molar-refractivity contribution in [1.29, 1.82) is 0 Å². The fourth-order valence-corrected chi connectivity index (χ4v) is 1.68. The highest BCUT2D eigenvalue weighted by Gasteiger charge is 2.39. The minimum atomic E-state index is -1.03. The van der Waals surface area contributed by atoms with Crippen molar-refractivity contribution in [2.24, 2.45) is 0 Å². The standard InChI is InChI=1S/C6H9Br3O2/c1-2-3-4(7)6(8,9)5(10)11/h4H,2-3H2,1H3,(H,10,11). The average molecular weight is 353 g/mol. The molecule has 0 saturated heterocycles. The number of hydrogen-bond donors (Lipinski definition) is 1. The summed E-state index contributed by atoms with van der Waals surface area (Å²) in [5.41, 5.74) is 0. The van der Waals surface area contributed by atoms with Gasteiger partial charge in [0.05, 0.1) is 4.83 Å². The van der Waals surface area contributed by atoms with Gasteiger partial charge in [-0.2, -0.15) is 0 Å². The van der Waals surface area contributed by atoms with E-state index in [-0.39, 0.29) is 4.83 Å². The average Bonchev–Trinajstić information content (AvgIpc) is 1.88. The number of carbonyl (C=O) groups is 1. The van der Waals surface area contributed by atoms with E-state index in [9.17, 15) is 4.79 Å². The van der Waals surface area contributed by atoms with Crippen molar-refractivity contribution in [3.05, 3.63) is 0 Å². The van der Waals surface area contributed by atoms with E-state index < -0.39 is 9.20 Å². The predicted octanol–water partition coefficient (Wildman–Crippen LogP) is 3.12. The Balaban J connectivity index is 4.17. The van der Waals surface area contributed by atoms with Gasteiger partial charge in [0.2, 0.25) is 0 Å². The summed E-state index contributed by atoms with van der Waals surface area (Å²) in [5.74, 6) is -0.909. The molecule has 0 aliphatic rings. The molecule has 0 amide bonds. The fraction of sp³-hybridized carbons (Fsp3) is 0.833. The maximum absolute atomic E-state index is 10.6. The van der Waals surface area contributed by atoms with E-state index in [0.29, 0.717) is 0 Å². The van der Waals surface area contributed by atoms with Crippen LogP contribution in [0.15, 0.2) is 0 Å². The lowest BCUT2D eigenvalue weighted by Gasteiger charge is -2.20. The Hall–Kier alpha value is 0.910. The Bertz CT molecular complexity index is 147. The highest BCUT2D eigenvalue weighted by molar-refractivity contribution is 9.26. The normalized spacial score (nSPS) is 14.5. The van der Waals surface area contributed by atoms with Crippen molar-refractivity contribution in [2.45, 2.75) is 27.8 Å². The van der Waals surface area contributed by atoms with Gasteiger partial charge in [0, 0.05) is 0 Å². The first-order chi connectivity index (χ1) is 4.92. The van der Waals surface area contributed by atoms with Gasteiger partial charge in [-0.1, -0.05) is 61.1 Å². The highest BCUT2D eigenvalue weighted by Crippen LogP contribution is 2.37. The third kappa shape index (κ3) is 3.42. The van der Waals surface area contributed by atoms with E-state index in [2.05, 4.69) is 47.8 Å². The lowest BCUT2D eigenvalue weighted by Crippen LogP contribution is -2.34. The fourth-order valence-electron chi connectivity index (χ4n) is 0.569. The molecule has 0 heterocycles. The quantitative estimate of drug-likeness (QED) is 0.789. The van der Waals surface area contributed by atoms with E-state index in [4.69, 9.17) is 5.11 Å². The molecule has 0 saturated carbocycles. The number of carboxylic acids is 1. The highest BCUT2D eigenvalue weighted by atomic mass is 79.9. The minimum Gasteiger partial charge on any atom is -0.480 e. The lowest BCUT2D eigenvalue weighted by atomic mass is 10.2. The molecular weight excluding hydrogens is 344 g/mol. The molecule has 11 heavy (non-hydrogen) atoms. The molecule has 0 aliphatic carbocycles. The Kier molecular flexibility index (Phi) is 5.22. The maximum Gasteiger partial charge on any atom is 0.332 e. The molecule has 1 unspecified atom stereocenters. The van der Waals surface area contributed by atoms with E-state index >= 15 is 0 Å². The summed E-state index contributed by atoms with van der Waals surface area (Å²) >= 11 is 9.45. The minimum absolute atomic E-state index is 0.0995. The zero-order chi connectivity index (χ0) is 9.07. The van der Waals surface area contributed by atoms with E-state index in [1.807, 2.05) is 6.92 Å². The van der Waals surface area contributed by atoms with Gasteiger partial charge >= 0.3 is 5.97 Å². The largest absolute Gasteiger partial charge is 0.480 e. The summed E-state index contributed by atoms with van der Waals surface area (Å²) in [6.07, 6.45) is 1.75. The van der Waals surface area contributed by atoms with Gasteiger partial charge in [-0.15, -0.1) is 0 Å². The Morgan fingerprint density at radius 2 is 2.09 bits per heavy atom. The molecule has 0 aromatic rings. The van der Waals surface area contributed by atoms with Crippen LogP contribution in [0.25, 0.3) is 0 Å². The summed E-state index contributed by atoms with van der Waals surface area (Å²) in [6, 6.07) is 0. The van der Waals surface area contributed by atoms with Crippen molar-refractivity contribution in [3.63, 3.8) is 0 Å². The first-order valence-electron chi connectivity index (χ1n) is 3.18. The third-order valence-corrected chi connectivity index (χ3v) is 5.38. The van der Waals surface area contributed by atoms with Gasteiger partial charge < -0.3 is 5.11 Å². The van der Waals surface area contributed by atoms with Crippen LogP contribution in [0, 0.1) is 0 Å². The van der Waals surface area contributed by atoms with E-state index in [1.54, 1.807) is 0 Å². The van der Waals surface area contributed by atoms with Crippen LogP contribution in [0.2, 0.25) is 0 Å². The number of halogens is 3. The monoisotopic (exact) mass is 350 g/mol. The summed E-state index contributed by atoms with van der Waals surface area (Å²) in [7, 11) is 0. The number of aliphatic carboxylic acids is 1. The maximum atomic E-state index is 10.6. The molecule has 0 rings (SSSR count). The van der Waals surface area contributed by atoms with Crippen molar-refractivity contribution in [2.75, 3.05) is 0 Å². The molecule has 0 radical (unpaired) electrons. The number of rotatable bonds is 4. The smallest absolute Gasteiger partial charge is 0.332 e. The second-order valence-electron chi connectivity index (χ2n) is 2.18. The van der Waals surface area contributed by atoms with Crippen LogP contribution in [0.3, 0.4) is 0 Å². The van der Waals surface area contributed by atoms with Crippen LogP contribution in [-0.2, 0) is 4.79 Å². The van der Waals surface area contributed by atoms with Crippen LogP contribution in [0.4, 0.5) is 0 Å².